The van der Waals surface area contributed by atoms with Crippen LogP contribution in [0.25, 0.3) is 0 Å². The molecule has 0 amide bonds. The van der Waals surface area contributed by atoms with E-state index in [1.54, 1.807) is 5.06 Å². The lowest BCUT2D eigenvalue weighted by Gasteiger charge is -2.21. The molecule has 1 aliphatic rings. The van der Waals surface area contributed by atoms with Crippen LogP contribution in [0.15, 0.2) is 60.7 Å². The second-order valence-electron chi connectivity index (χ2n) is 4.47. The molecule has 92 valence electrons. The summed E-state index contributed by atoms with van der Waals surface area (Å²) in [5.41, 5.74) is 8.32. The Balaban J connectivity index is 1.81. The van der Waals surface area contributed by atoms with Gasteiger partial charge in [-0.15, -0.1) is 0 Å². The van der Waals surface area contributed by atoms with E-state index < -0.39 is 0 Å². The molecule has 18 heavy (non-hydrogen) atoms. The van der Waals surface area contributed by atoms with E-state index >= 15 is 0 Å². The Bertz CT molecular complexity index is 500. The van der Waals surface area contributed by atoms with Crippen molar-refractivity contribution in [3.63, 3.8) is 0 Å². The number of nitrogens with zero attached hydrogens (tertiary/aromatic N) is 1. The van der Waals surface area contributed by atoms with Gasteiger partial charge in [-0.05, 0) is 17.7 Å². The highest BCUT2D eigenvalue weighted by Crippen LogP contribution is 2.34. The second kappa shape index (κ2) is 4.80. The molecule has 1 saturated heterocycles. The molecule has 2 aromatic carbocycles. The maximum atomic E-state index is 6.14. The van der Waals surface area contributed by atoms with Crippen LogP contribution in [0.4, 0.5) is 5.69 Å². The molecule has 1 fully saturated rings. The smallest absolute Gasteiger partial charge is 0.114 e. The largest absolute Gasteiger partial charge is 0.309 e. The zero-order chi connectivity index (χ0) is 12.4. The summed E-state index contributed by atoms with van der Waals surface area (Å²) >= 11 is 0. The molecule has 0 saturated carbocycles. The van der Waals surface area contributed by atoms with Crippen molar-refractivity contribution in [2.75, 3.05) is 5.06 Å². The van der Waals surface area contributed by atoms with E-state index in [4.69, 9.17) is 10.6 Å². The van der Waals surface area contributed by atoms with Crippen LogP contribution in [0.3, 0.4) is 0 Å². The predicted molar refractivity (Wildman–Crippen MR) is 71.8 cm³/mol. The first-order valence-corrected chi connectivity index (χ1v) is 6.16. The Hall–Kier alpha value is -1.84. The quantitative estimate of drug-likeness (QED) is 0.877. The lowest BCUT2D eigenvalue weighted by molar-refractivity contribution is 0.0839. The monoisotopic (exact) mass is 240 g/mol. The number of rotatable bonds is 2. The fraction of sp³-hybridized carbons (Fsp3) is 0.200. The van der Waals surface area contributed by atoms with Crippen molar-refractivity contribution in [1.82, 2.24) is 0 Å². The molecule has 0 unspecified atom stereocenters. The van der Waals surface area contributed by atoms with Gasteiger partial charge < -0.3 is 5.73 Å². The van der Waals surface area contributed by atoms with E-state index in [1.807, 2.05) is 48.5 Å². The standard InChI is InChI=1S/C15H16N2O/c16-15-11-14(12-7-3-1-4-8-12)18-17(15)13-9-5-2-6-10-13/h1-10,14-15H,11,16H2/t14-,15-/m1/s1. The SMILES string of the molecule is N[C@H]1C[C@H](c2ccccc2)ON1c1ccccc1. The molecule has 0 bridgehead atoms. The van der Waals surface area contributed by atoms with Gasteiger partial charge in [0.15, 0.2) is 0 Å². The summed E-state index contributed by atoms with van der Waals surface area (Å²) in [6, 6.07) is 20.2. The first-order valence-electron chi connectivity index (χ1n) is 6.16. The highest BCUT2D eigenvalue weighted by atomic mass is 16.7. The first-order chi connectivity index (χ1) is 8.84. The van der Waals surface area contributed by atoms with Crippen LogP contribution in [-0.2, 0) is 4.84 Å². The van der Waals surface area contributed by atoms with Crippen LogP contribution in [0, 0.1) is 0 Å². The summed E-state index contributed by atoms with van der Waals surface area (Å²) < 4.78 is 0. The van der Waals surface area contributed by atoms with Crippen molar-refractivity contribution in [2.45, 2.75) is 18.7 Å². The molecule has 1 heterocycles. The van der Waals surface area contributed by atoms with E-state index in [0.717, 1.165) is 12.1 Å². The molecule has 2 N–H and O–H groups in total. The van der Waals surface area contributed by atoms with Crippen molar-refractivity contribution in [2.24, 2.45) is 5.73 Å². The number of hydrogen-bond donors (Lipinski definition) is 1. The van der Waals surface area contributed by atoms with Gasteiger partial charge in [-0.3, -0.25) is 4.84 Å². The Morgan fingerprint density at radius 3 is 2.22 bits per heavy atom. The molecule has 0 aliphatic carbocycles. The highest BCUT2D eigenvalue weighted by molar-refractivity contribution is 5.45. The molecular formula is C15H16N2O. The summed E-state index contributed by atoms with van der Waals surface area (Å²) in [5, 5.41) is 1.80. The molecule has 2 atom stereocenters. The van der Waals surface area contributed by atoms with Crippen molar-refractivity contribution in [3.8, 4) is 0 Å². The van der Waals surface area contributed by atoms with Crippen molar-refractivity contribution in [1.29, 1.82) is 0 Å². The van der Waals surface area contributed by atoms with Crippen LogP contribution < -0.4 is 10.8 Å². The number of benzene rings is 2. The lowest BCUT2D eigenvalue weighted by atomic mass is 10.1. The minimum atomic E-state index is -0.0994. The fourth-order valence-electron chi connectivity index (χ4n) is 2.27. The number of nitrogens with two attached hydrogens (primary N) is 1. The van der Waals surface area contributed by atoms with Crippen molar-refractivity contribution < 1.29 is 4.84 Å². The minimum absolute atomic E-state index is 0.0430. The van der Waals surface area contributed by atoms with Crippen molar-refractivity contribution in [3.05, 3.63) is 66.2 Å². The van der Waals surface area contributed by atoms with Gasteiger partial charge in [0.1, 0.15) is 12.3 Å². The fourth-order valence-corrected chi connectivity index (χ4v) is 2.27. The van der Waals surface area contributed by atoms with E-state index in [0.29, 0.717) is 0 Å². The van der Waals surface area contributed by atoms with Gasteiger partial charge in [-0.2, -0.15) is 0 Å². The van der Waals surface area contributed by atoms with Gasteiger partial charge in [0, 0.05) is 6.42 Å². The molecular weight excluding hydrogens is 224 g/mol. The third-order valence-corrected chi connectivity index (χ3v) is 3.18. The molecule has 0 radical (unpaired) electrons. The zero-order valence-corrected chi connectivity index (χ0v) is 10.1. The zero-order valence-electron chi connectivity index (χ0n) is 10.1. The van der Waals surface area contributed by atoms with Gasteiger partial charge in [0.2, 0.25) is 0 Å². The number of hydroxylamine groups is 1. The average Bonchev–Trinajstić information content (AvgIpc) is 2.83. The predicted octanol–water partition coefficient (Wildman–Crippen LogP) is 2.85. The Labute approximate surface area is 107 Å². The molecule has 3 rings (SSSR count). The van der Waals surface area contributed by atoms with E-state index in [1.165, 1.54) is 5.56 Å². The van der Waals surface area contributed by atoms with Crippen LogP contribution >= 0.6 is 0 Å². The van der Waals surface area contributed by atoms with Gasteiger partial charge in [0.25, 0.3) is 0 Å². The van der Waals surface area contributed by atoms with Gasteiger partial charge in [0.05, 0.1) is 5.69 Å². The number of para-hydroxylation sites is 1. The molecule has 2 aromatic rings. The summed E-state index contributed by atoms with van der Waals surface area (Å²) in [4.78, 5) is 5.95. The molecule has 3 heteroatoms. The summed E-state index contributed by atoms with van der Waals surface area (Å²) in [6.45, 7) is 0. The van der Waals surface area contributed by atoms with Crippen LogP contribution in [0.2, 0.25) is 0 Å². The Morgan fingerprint density at radius 1 is 0.944 bits per heavy atom. The third kappa shape index (κ3) is 2.10. The second-order valence-corrected chi connectivity index (χ2v) is 4.47. The maximum Gasteiger partial charge on any atom is 0.114 e. The molecule has 3 nitrogen and oxygen atoms in total. The van der Waals surface area contributed by atoms with E-state index in [2.05, 4.69) is 12.1 Å². The summed E-state index contributed by atoms with van der Waals surface area (Å²) in [5.74, 6) is 0. The number of hydrogen-bond acceptors (Lipinski definition) is 3. The lowest BCUT2D eigenvalue weighted by Crippen LogP contribution is -2.35. The van der Waals surface area contributed by atoms with E-state index in [9.17, 15) is 0 Å². The Morgan fingerprint density at radius 2 is 1.56 bits per heavy atom. The van der Waals surface area contributed by atoms with E-state index in [-0.39, 0.29) is 12.3 Å². The van der Waals surface area contributed by atoms with Gasteiger partial charge in [-0.25, -0.2) is 5.06 Å². The highest BCUT2D eigenvalue weighted by Gasteiger charge is 2.32. The summed E-state index contributed by atoms with van der Waals surface area (Å²) in [7, 11) is 0. The van der Waals surface area contributed by atoms with Crippen LogP contribution in [0.5, 0.6) is 0 Å². The van der Waals surface area contributed by atoms with Crippen LogP contribution in [-0.4, -0.2) is 6.17 Å². The normalized spacial score (nSPS) is 23.3. The first kappa shape index (κ1) is 11.3. The molecule has 0 aromatic heterocycles. The number of anilines is 1. The average molecular weight is 240 g/mol. The molecule has 0 spiro atoms. The van der Waals surface area contributed by atoms with Gasteiger partial charge >= 0.3 is 0 Å². The molecule has 1 aliphatic heterocycles. The van der Waals surface area contributed by atoms with Crippen LogP contribution in [0.1, 0.15) is 18.1 Å². The summed E-state index contributed by atoms with van der Waals surface area (Å²) in [6.07, 6.45) is 0.748. The maximum absolute atomic E-state index is 6.14. The van der Waals surface area contributed by atoms with Gasteiger partial charge in [-0.1, -0.05) is 48.5 Å². The Kier molecular flexibility index (Phi) is 3.00. The van der Waals surface area contributed by atoms with Crippen molar-refractivity contribution >= 4 is 5.69 Å². The minimum Gasteiger partial charge on any atom is -0.309 e. The topological polar surface area (TPSA) is 38.5 Å². The third-order valence-electron chi connectivity index (χ3n) is 3.18.